The number of hydrogen-bond donors (Lipinski definition) is 4. The minimum Gasteiger partial charge on any atom is -0.321 e. The van der Waals surface area contributed by atoms with Gasteiger partial charge in [-0.2, -0.15) is 0 Å². The maximum atomic E-state index is 11.9. The van der Waals surface area contributed by atoms with Crippen molar-refractivity contribution in [2.24, 2.45) is 22.6 Å². The van der Waals surface area contributed by atoms with Crippen LogP contribution < -0.4 is 22.5 Å². The van der Waals surface area contributed by atoms with Gasteiger partial charge in [-0.1, -0.05) is 27.4 Å². The minimum absolute atomic E-state index is 0.0606. The van der Waals surface area contributed by atoms with Crippen LogP contribution >= 0.6 is 0 Å². The molecule has 0 aliphatic rings. The van der Waals surface area contributed by atoms with Gasteiger partial charge in [0.1, 0.15) is 6.29 Å². The molecule has 0 saturated heterocycles. The highest BCUT2D eigenvalue weighted by Crippen LogP contribution is 2.25. The molecule has 0 aliphatic carbocycles. The number of Topliss-reactive ketones (excluding diaryl/α,β-unsaturated/α-hetero) is 1. The second-order valence-electron chi connectivity index (χ2n) is 5.32. The number of nitrogens with two attached hydrogens (primary N) is 3. The van der Waals surface area contributed by atoms with E-state index in [0.29, 0.717) is 18.5 Å². The monoisotopic (exact) mass is 242 g/mol. The van der Waals surface area contributed by atoms with E-state index >= 15 is 0 Å². The summed E-state index contributed by atoms with van der Waals surface area (Å²) in [7, 11) is 0. The lowest BCUT2D eigenvalue weighted by Gasteiger charge is -2.23. The number of ketones is 1. The normalized spacial score (nSPS) is 13.8. The fourth-order valence-electron chi connectivity index (χ4n) is 1.32. The highest BCUT2D eigenvalue weighted by atomic mass is 16.1. The third kappa shape index (κ3) is 6.53. The lowest BCUT2D eigenvalue weighted by Crippen LogP contribution is -2.45. The topological polar surface area (TPSA) is 107 Å². The molecule has 7 N–H and O–H groups in total. The molecule has 5 nitrogen and oxygen atoms in total. The lowest BCUT2D eigenvalue weighted by atomic mass is 9.82. The summed E-state index contributed by atoms with van der Waals surface area (Å²) in [5, 5.41) is 2.87. The van der Waals surface area contributed by atoms with Crippen molar-refractivity contribution in [2.75, 3.05) is 6.54 Å². The molecule has 0 saturated carbocycles. The van der Waals surface area contributed by atoms with Crippen molar-refractivity contribution >= 4 is 5.78 Å². The Bertz CT molecular complexity index is 268. The van der Waals surface area contributed by atoms with Gasteiger partial charge in [-0.15, -0.1) is 0 Å². The Kier molecular flexibility index (Phi) is 6.56. The third-order valence-corrected chi connectivity index (χ3v) is 2.61. The Morgan fingerprint density at radius 3 is 2.24 bits per heavy atom. The van der Waals surface area contributed by atoms with E-state index in [4.69, 9.17) is 17.2 Å². The van der Waals surface area contributed by atoms with E-state index in [9.17, 15) is 4.79 Å². The second-order valence-corrected chi connectivity index (χ2v) is 5.32. The van der Waals surface area contributed by atoms with E-state index in [2.05, 4.69) is 11.9 Å². The van der Waals surface area contributed by atoms with Crippen LogP contribution in [0.1, 0.15) is 33.6 Å². The van der Waals surface area contributed by atoms with E-state index in [1.807, 2.05) is 20.8 Å². The largest absolute Gasteiger partial charge is 0.321 e. The molecule has 0 amide bonds. The molecule has 0 aliphatic heterocycles. The number of hydrogen-bond acceptors (Lipinski definition) is 5. The van der Waals surface area contributed by atoms with E-state index in [0.717, 1.165) is 6.42 Å². The first-order valence-corrected chi connectivity index (χ1v) is 5.90. The van der Waals surface area contributed by atoms with Crippen molar-refractivity contribution in [3.05, 3.63) is 12.2 Å². The van der Waals surface area contributed by atoms with E-state index < -0.39 is 12.3 Å². The smallest absolute Gasteiger partial charge is 0.175 e. The molecule has 0 aromatic carbocycles. The van der Waals surface area contributed by atoms with Crippen molar-refractivity contribution in [1.29, 1.82) is 0 Å². The van der Waals surface area contributed by atoms with Gasteiger partial charge in [-0.05, 0) is 30.4 Å². The fourth-order valence-corrected chi connectivity index (χ4v) is 1.32. The molecule has 100 valence electrons. The van der Waals surface area contributed by atoms with Crippen LogP contribution in [0.4, 0.5) is 0 Å². The van der Waals surface area contributed by atoms with Crippen molar-refractivity contribution in [3.8, 4) is 0 Å². The first-order valence-electron chi connectivity index (χ1n) is 5.90. The second kappa shape index (κ2) is 6.86. The summed E-state index contributed by atoms with van der Waals surface area (Å²) in [6, 6.07) is -0.488. The zero-order valence-corrected chi connectivity index (χ0v) is 11.1. The van der Waals surface area contributed by atoms with Gasteiger partial charge >= 0.3 is 0 Å². The van der Waals surface area contributed by atoms with Crippen molar-refractivity contribution in [1.82, 2.24) is 5.32 Å². The van der Waals surface area contributed by atoms with Crippen LogP contribution in [0, 0.1) is 5.41 Å². The van der Waals surface area contributed by atoms with Crippen LogP contribution in [0.5, 0.6) is 0 Å². The summed E-state index contributed by atoms with van der Waals surface area (Å²) in [5.74, 6) is -0.0606. The number of rotatable bonds is 7. The van der Waals surface area contributed by atoms with Crippen molar-refractivity contribution in [2.45, 2.75) is 45.9 Å². The third-order valence-electron chi connectivity index (χ3n) is 2.61. The number of carbonyl (C=O) groups excluding carboxylic acids is 1. The number of nitrogens with one attached hydrogen (secondary N) is 1. The van der Waals surface area contributed by atoms with Crippen molar-refractivity contribution in [3.63, 3.8) is 0 Å². The summed E-state index contributed by atoms with van der Waals surface area (Å²) in [6.45, 7) is 10.3. The molecule has 0 radical (unpaired) electrons. The van der Waals surface area contributed by atoms with Crippen LogP contribution in [-0.2, 0) is 4.79 Å². The first kappa shape index (κ1) is 16.2. The molecular weight excluding hydrogens is 216 g/mol. The van der Waals surface area contributed by atoms with Gasteiger partial charge in [0.2, 0.25) is 0 Å². The van der Waals surface area contributed by atoms with Crippen molar-refractivity contribution < 1.29 is 4.79 Å². The predicted octanol–water partition coefficient (Wildman–Crippen LogP) is 0.0559. The SMILES string of the molecule is C=C(C(=O)[C@@H](N)CCCNC(N)N)C(C)(C)C. The van der Waals surface area contributed by atoms with Gasteiger partial charge in [0, 0.05) is 0 Å². The molecule has 0 heterocycles. The summed E-state index contributed by atoms with van der Waals surface area (Å²) in [6.07, 6.45) is 0.842. The maximum Gasteiger partial charge on any atom is 0.175 e. The average molecular weight is 242 g/mol. The van der Waals surface area contributed by atoms with Crippen LogP contribution in [0.3, 0.4) is 0 Å². The first-order chi connectivity index (χ1) is 7.66. The Morgan fingerprint density at radius 2 is 1.82 bits per heavy atom. The van der Waals surface area contributed by atoms with E-state index in [1.165, 1.54) is 0 Å². The van der Waals surface area contributed by atoms with E-state index in [1.54, 1.807) is 0 Å². The molecule has 0 unspecified atom stereocenters. The Hall–Kier alpha value is -0.750. The minimum atomic E-state index is -0.522. The average Bonchev–Trinajstić information content (AvgIpc) is 2.20. The lowest BCUT2D eigenvalue weighted by molar-refractivity contribution is -0.117. The fraction of sp³-hybridized carbons (Fsp3) is 0.750. The molecule has 5 heteroatoms. The molecule has 0 rings (SSSR count). The molecule has 0 fully saturated rings. The van der Waals surface area contributed by atoms with Gasteiger partial charge in [0.15, 0.2) is 5.78 Å². The Labute approximate surface area is 104 Å². The number of carbonyl (C=O) groups is 1. The Balaban J connectivity index is 4.03. The van der Waals surface area contributed by atoms with Crippen LogP contribution in [-0.4, -0.2) is 24.7 Å². The van der Waals surface area contributed by atoms with Gasteiger partial charge < -0.3 is 17.2 Å². The molecule has 0 bridgehead atoms. The Morgan fingerprint density at radius 1 is 1.29 bits per heavy atom. The van der Waals surface area contributed by atoms with Gasteiger partial charge in [-0.25, -0.2) is 0 Å². The molecular formula is C12H26N4O. The summed E-state index contributed by atoms with van der Waals surface area (Å²) < 4.78 is 0. The highest BCUT2D eigenvalue weighted by Gasteiger charge is 2.25. The molecule has 0 spiro atoms. The molecule has 0 aromatic rings. The highest BCUT2D eigenvalue weighted by molar-refractivity contribution is 5.99. The maximum absolute atomic E-state index is 11.9. The molecule has 1 atom stereocenters. The van der Waals surface area contributed by atoms with Crippen LogP contribution in [0.25, 0.3) is 0 Å². The van der Waals surface area contributed by atoms with Crippen LogP contribution in [0.15, 0.2) is 12.2 Å². The summed E-state index contributed by atoms with van der Waals surface area (Å²) in [5.41, 5.74) is 16.8. The quantitative estimate of drug-likeness (QED) is 0.287. The van der Waals surface area contributed by atoms with Crippen LogP contribution in [0.2, 0.25) is 0 Å². The molecule has 17 heavy (non-hydrogen) atoms. The predicted molar refractivity (Wildman–Crippen MR) is 71.0 cm³/mol. The van der Waals surface area contributed by atoms with Gasteiger partial charge in [-0.3, -0.25) is 10.1 Å². The van der Waals surface area contributed by atoms with Gasteiger partial charge in [0.25, 0.3) is 0 Å². The zero-order valence-electron chi connectivity index (χ0n) is 11.1. The van der Waals surface area contributed by atoms with Gasteiger partial charge in [0.05, 0.1) is 6.04 Å². The standard InChI is InChI=1S/C12H26N4O/c1-8(12(2,3)4)10(17)9(13)6-5-7-16-11(14)15/h9,11,16H,1,5-7,13-15H2,2-4H3/t9-/m0/s1. The summed E-state index contributed by atoms with van der Waals surface area (Å²) >= 11 is 0. The summed E-state index contributed by atoms with van der Waals surface area (Å²) in [4.78, 5) is 11.9. The molecule has 0 aromatic heterocycles. The van der Waals surface area contributed by atoms with E-state index in [-0.39, 0.29) is 11.2 Å². The zero-order chi connectivity index (χ0) is 13.6.